The lowest BCUT2D eigenvalue weighted by molar-refractivity contribution is 0.836. The van der Waals surface area contributed by atoms with Gasteiger partial charge in [0.2, 0.25) is 0 Å². The summed E-state index contributed by atoms with van der Waals surface area (Å²) < 4.78 is 0. The van der Waals surface area contributed by atoms with Crippen molar-refractivity contribution >= 4 is 10.8 Å². The highest BCUT2D eigenvalue weighted by molar-refractivity contribution is 5.88. The van der Waals surface area contributed by atoms with E-state index in [1.165, 1.54) is 21.9 Å². The number of nitrogens with two attached hydrogens (primary N) is 2. The van der Waals surface area contributed by atoms with Crippen LogP contribution < -0.4 is 11.5 Å². The van der Waals surface area contributed by atoms with Crippen molar-refractivity contribution in [2.75, 3.05) is 13.1 Å². The molecule has 0 atom stereocenters. The Morgan fingerprint density at radius 2 is 1.29 bits per heavy atom. The molecule has 90 valence electrons. The van der Waals surface area contributed by atoms with E-state index in [-0.39, 0.29) is 0 Å². The normalized spacial score (nSPS) is 10.9. The molecule has 0 spiro atoms. The van der Waals surface area contributed by atoms with Crippen molar-refractivity contribution < 1.29 is 0 Å². The molecule has 0 fully saturated rings. The van der Waals surface area contributed by atoms with Crippen molar-refractivity contribution in [1.82, 2.24) is 0 Å². The third kappa shape index (κ3) is 2.65. The van der Waals surface area contributed by atoms with Crippen LogP contribution in [-0.4, -0.2) is 13.1 Å². The van der Waals surface area contributed by atoms with E-state index in [2.05, 4.69) is 36.4 Å². The third-order valence-corrected chi connectivity index (χ3v) is 3.17. The topological polar surface area (TPSA) is 52.0 Å². The molecule has 0 aliphatic carbocycles. The zero-order valence-corrected chi connectivity index (χ0v) is 10.2. The lowest BCUT2D eigenvalue weighted by atomic mass is 9.95. The maximum absolute atomic E-state index is 5.65. The summed E-state index contributed by atoms with van der Waals surface area (Å²) in [5.74, 6) is 0. The zero-order valence-electron chi connectivity index (χ0n) is 10.2. The molecule has 2 rings (SSSR count). The van der Waals surface area contributed by atoms with Gasteiger partial charge in [-0.2, -0.15) is 0 Å². The molecule has 0 aromatic heterocycles. The smallest absolute Gasteiger partial charge is 0.00365 e. The SMILES string of the molecule is NCCCc1ccc(CCN)c2ccccc12. The van der Waals surface area contributed by atoms with Gasteiger partial charge >= 0.3 is 0 Å². The van der Waals surface area contributed by atoms with E-state index < -0.39 is 0 Å². The maximum atomic E-state index is 5.65. The molecule has 2 heteroatoms. The average molecular weight is 228 g/mol. The average Bonchev–Trinajstić information content (AvgIpc) is 2.38. The molecule has 0 radical (unpaired) electrons. The maximum Gasteiger partial charge on any atom is -0.00365 e. The molecule has 0 heterocycles. The predicted molar refractivity (Wildman–Crippen MR) is 74.1 cm³/mol. The van der Waals surface area contributed by atoms with E-state index in [0.717, 1.165) is 25.8 Å². The van der Waals surface area contributed by atoms with Gasteiger partial charge in [-0.15, -0.1) is 0 Å². The molecular formula is C15H20N2. The first-order chi connectivity index (χ1) is 8.36. The van der Waals surface area contributed by atoms with Crippen molar-refractivity contribution in [3.63, 3.8) is 0 Å². The summed E-state index contributed by atoms with van der Waals surface area (Å²) in [6.07, 6.45) is 3.04. The minimum atomic E-state index is 0.701. The van der Waals surface area contributed by atoms with Crippen LogP contribution in [-0.2, 0) is 12.8 Å². The van der Waals surface area contributed by atoms with Crippen molar-refractivity contribution in [1.29, 1.82) is 0 Å². The number of hydrogen-bond acceptors (Lipinski definition) is 2. The van der Waals surface area contributed by atoms with E-state index in [1.807, 2.05) is 0 Å². The fourth-order valence-corrected chi connectivity index (χ4v) is 2.31. The van der Waals surface area contributed by atoms with Crippen LogP contribution in [0.1, 0.15) is 17.5 Å². The second-order valence-corrected chi connectivity index (χ2v) is 4.36. The van der Waals surface area contributed by atoms with Gasteiger partial charge in [-0.1, -0.05) is 36.4 Å². The Balaban J connectivity index is 2.46. The summed E-state index contributed by atoms with van der Waals surface area (Å²) in [5.41, 5.74) is 14.0. The Bertz CT molecular complexity index is 491. The largest absolute Gasteiger partial charge is 0.330 e. The fourth-order valence-electron chi connectivity index (χ4n) is 2.31. The Labute approximate surface area is 103 Å². The van der Waals surface area contributed by atoms with Crippen molar-refractivity contribution in [3.8, 4) is 0 Å². The number of hydrogen-bond donors (Lipinski definition) is 2. The van der Waals surface area contributed by atoms with Crippen LogP contribution in [0.25, 0.3) is 10.8 Å². The van der Waals surface area contributed by atoms with Crippen LogP contribution >= 0.6 is 0 Å². The zero-order chi connectivity index (χ0) is 12.1. The highest BCUT2D eigenvalue weighted by Crippen LogP contribution is 2.24. The van der Waals surface area contributed by atoms with E-state index in [4.69, 9.17) is 11.5 Å². The molecule has 17 heavy (non-hydrogen) atoms. The summed E-state index contributed by atoms with van der Waals surface area (Å²) in [7, 11) is 0. The summed E-state index contributed by atoms with van der Waals surface area (Å²) in [5, 5.41) is 2.69. The summed E-state index contributed by atoms with van der Waals surface area (Å²) in [4.78, 5) is 0. The monoisotopic (exact) mass is 228 g/mol. The van der Waals surface area contributed by atoms with Crippen molar-refractivity contribution in [2.45, 2.75) is 19.3 Å². The lowest BCUT2D eigenvalue weighted by Crippen LogP contribution is -2.04. The van der Waals surface area contributed by atoms with Gasteiger partial charge in [0.15, 0.2) is 0 Å². The number of aryl methyl sites for hydroxylation is 1. The summed E-state index contributed by atoms with van der Waals surface area (Å²) in [6, 6.07) is 13.0. The quantitative estimate of drug-likeness (QED) is 0.824. The molecule has 2 aromatic rings. The molecule has 0 amide bonds. The molecule has 0 bridgehead atoms. The standard InChI is InChI=1S/C15H20N2/c16-10-3-4-12-7-8-13(9-11-17)15-6-2-1-5-14(12)15/h1-2,5-8H,3-4,9-11,16-17H2. The molecule has 0 unspecified atom stereocenters. The van der Waals surface area contributed by atoms with Crippen molar-refractivity contribution in [3.05, 3.63) is 47.5 Å². The van der Waals surface area contributed by atoms with Crippen LogP contribution in [0.5, 0.6) is 0 Å². The molecule has 0 aliphatic heterocycles. The first-order valence-electron chi connectivity index (χ1n) is 6.26. The predicted octanol–water partition coefficient (Wildman–Crippen LogP) is 2.23. The van der Waals surface area contributed by atoms with Crippen LogP contribution in [0.2, 0.25) is 0 Å². The van der Waals surface area contributed by atoms with Gasteiger partial charge in [0.05, 0.1) is 0 Å². The van der Waals surface area contributed by atoms with E-state index >= 15 is 0 Å². The summed E-state index contributed by atoms with van der Waals surface area (Å²) in [6.45, 7) is 1.45. The molecule has 2 nitrogen and oxygen atoms in total. The third-order valence-electron chi connectivity index (χ3n) is 3.17. The van der Waals surface area contributed by atoms with Gasteiger partial charge in [-0.05, 0) is 54.3 Å². The van der Waals surface area contributed by atoms with E-state index in [0.29, 0.717) is 6.54 Å². The van der Waals surface area contributed by atoms with Gasteiger partial charge in [-0.3, -0.25) is 0 Å². The highest BCUT2D eigenvalue weighted by Gasteiger charge is 2.04. The lowest BCUT2D eigenvalue weighted by Gasteiger charge is -2.10. The summed E-state index contributed by atoms with van der Waals surface area (Å²) >= 11 is 0. The molecule has 0 aliphatic rings. The van der Waals surface area contributed by atoms with Gasteiger partial charge in [0, 0.05) is 0 Å². The number of rotatable bonds is 5. The van der Waals surface area contributed by atoms with Crippen LogP contribution in [0, 0.1) is 0 Å². The Morgan fingerprint density at radius 3 is 1.82 bits per heavy atom. The van der Waals surface area contributed by atoms with E-state index in [1.54, 1.807) is 0 Å². The molecule has 4 N–H and O–H groups in total. The fraction of sp³-hybridized carbons (Fsp3) is 0.333. The van der Waals surface area contributed by atoms with Gasteiger partial charge in [-0.25, -0.2) is 0 Å². The molecular weight excluding hydrogens is 208 g/mol. The molecule has 0 saturated carbocycles. The highest BCUT2D eigenvalue weighted by atomic mass is 14.5. The molecule has 0 saturated heterocycles. The minimum Gasteiger partial charge on any atom is -0.330 e. The number of fused-ring (bicyclic) bond motifs is 1. The second kappa shape index (κ2) is 5.80. The minimum absolute atomic E-state index is 0.701. The first kappa shape index (κ1) is 12.1. The second-order valence-electron chi connectivity index (χ2n) is 4.36. The van der Waals surface area contributed by atoms with Gasteiger partial charge in [0.25, 0.3) is 0 Å². The Kier molecular flexibility index (Phi) is 4.13. The first-order valence-corrected chi connectivity index (χ1v) is 6.26. The molecule has 2 aromatic carbocycles. The Morgan fingerprint density at radius 1 is 0.706 bits per heavy atom. The van der Waals surface area contributed by atoms with Gasteiger partial charge in [0.1, 0.15) is 0 Å². The van der Waals surface area contributed by atoms with Crippen LogP contribution in [0.3, 0.4) is 0 Å². The van der Waals surface area contributed by atoms with Crippen LogP contribution in [0.4, 0.5) is 0 Å². The van der Waals surface area contributed by atoms with Crippen molar-refractivity contribution in [2.24, 2.45) is 11.5 Å². The van der Waals surface area contributed by atoms with E-state index in [9.17, 15) is 0 Å². The van der Waals surface area contributed by atoms with Crippen LogP contribution in [0.15, 0.2) is 36.4 Å². The van der Waals surface area contributed by atoms with Gasteiger partial charge < -0.3 is 11.5 Å². The Hall–Kier alpha value is -1.38. The number of benzene rings is 2.